The molecule has 4 aromatic carbocycles. The first-order valence-electron chi connectivity index (χ1n) is 16.0. The molecule has 48 heavy (non-hydrogen) atoms. The van der Waals surface area contributed by atoms with Crippen molar-refractivity contribution in [2.75, 3.05) is 4.90 Å². The lowest BCUT2D eigenvalue weighted by Gasteiger charge is -2.28. The number of carbonyl (C=O) groups is 1. The van der Waals surface area contributed by atoms with Crippen LogP contribution in [0.2, 0.25) is 0 Å². The fourth-order valence-corrected chi connectivity index (χ4v) is 6.96. The molecule has 0 saturated carbocycles. The Balaban J connectivity index is 1.34. The van der Waals surface area contributed by atoms with E-state index in [1.165, 1.54) is 11.1 Å². The highest BCUT2D eigenvalue weighted by molar-refractivity contribution is 7.16. The minimum Gasteiger partial charge on any atom is -0.311 e. The van der Waals surface area contributed by atoms with Gasteiger partial charge in [-0.2, -0.15) is 0 Å². The molecule has 0 fully saturated rings. The van der Waals surface area contributed by atoms with Crippen LogP contribution in [0.3, 0.4) is 0 Å². The second kappa shape index (κ2) is 12.6. The van der Waals surface area contributed by atoms with Crippen molar-refractivity contribution in [3.63, 3.8) is 0 Å². The number of rotatable bonds is 5. The highest BCUT2D eigenvalue weighted by atomic mass is 32.1. The zero-order valence-electron chi connectivity index (χ0n) is 28.1. The summed E-state index contributed by atoms with van der Waals surface area (Å²) in [5.74, 6) is -0.164. The van der Waals surface area contributed by atoms with Crippen LogP contribution in [0, 0.1) is 17.9 Å². The van der Waals surface area contributed by atoms with Crippen LogP contribution in [0.15, 0.2) is 120 Å². The number of allylic oxidation sites excluding steroid dienone is 3. The standard InChI is InChI=1S/C43H37N3OS/c1-42(2,3)29-14-20-32(21-15-29)46(33-22-16-30(17-23-33)43(4,5)6)31-18-12-28(13-19-31)39-25-24-34(48-39)26-37-40(38(27-44)45-7)35-10-8-9-11-36(35)41(37)47/h8-26H,1-6H3/b37-26+,40-38-. The number of nitrogens with zero attached hydrogens (tertiary/aromatic N) is 3. The molecule has 1 aliphatic rings. The summed E-state index contributed by atoms with van der Waals surface area (Å²) in [6.45, 7) is 20.9. The second-order valence-electron chi connectivity index (χ2n) is 14.1. The van der Waals surface area contributed by atoms with E-state index in [1.807, 2.05) is 24.3 Å². The van der Waals surface area contributed by atoms with Gasteiger partial charge in [-0.1, -0.05) is 102 Å². The number of Topliss-reactive ketones (excluding diaryl/α,β-unsaturated/α-hetero) is 1. The first-order valence-corrected chi connectivity index (χ1v) is 16.8. The van der Waals surface area contributed by atoms with Gasteiger partial charge >= 0.3 is 0 Å². The van der Waals surface area contributed by atoms with E-state index in [2.05, 4.69) is 130 Å². The predicted molar refractivity (Wildman–Crippen MR) is 200 cm³/mol. The van der Waals surface area contributed by atoms with Gasteiger partial charge in [0.1, 0.15) is 0 Å². The molecule has 1 aromatic heterocycles. The molecule has 0 unspecified atom stereocenters. The molecular weight excluding hydrogens is 607 g/mol. The monoisotopic (exact) mass is 643 g/mol. The molecule has 0 atom stereocenters. The fraction of sp³-hybridized carbons (Fsp3) is 0.186. The quantitative estimate of drug-likeness (QED) is 0.109. The van der Waals surface area contributed by atoms with Gasteiger partial charge in [-0.3, -0.25) is 4.79 Å². The minimum atomic E-state index is -0.164. The number of hydrogen-bond donors (Lipinski definition) is 0. The molecule has 0 N–H and O–H groups in total. The van der Waals surface area contributed by atoms with E-state index in [9.17, 15) is 10.1 Å². The van der Waals surface area contributed by atoms with Gasteiger partial charge in [-0.25, -0.2) is 10.1 Å². The fourth-order valence-electron chi connectivity index (χ4n) is 6.00. The van der Waals surface area contributed by atoms with Crippen molar-refractivity contribution in [3.8, 4) is 16.5 Å². The Labute approximate surface area is 287 Å². The number of nitriles is 1. The average Bonchev–Trinajstić information content (AvgIpc) is 3.65. The highest BCUT2D eigenvalue weighted by Gasteiger charge is 2.32. The number of fused-ring (bicyclic) bond motifs is 1. The van der Waals surface area contributed by atoms with Crippen LogP contribution in [-0.4, -0.2) is 5.78 Å². The third kappa shape index (κ3) is 6.26. The Morgan fingerprint density at radius 2 is 1.23 bits per heavy atom. The minimum absolute atomic E-state index is 0.0662. The number of benzene rings is 4. The maximum absolute atomic E-state index is 13.4. The predicted octanol–water partition coefficient (Wildman–Crippen LogP) is 11.9. The molecular formula is C43H37N3OS. The van der Waals surface area contributed by atoms with Crippen LogP contribution < -0.4 is 4.90 Å². The molecule has 0 saturated heterocycles. The molecule has 0 bridgehead atoms. The van der Waals surface area contributed by atoms with Crippen LogP contribution in [0.4, 0.5) is 17.1 Å². The van der Waals surface area contributed by atoms with Gasteiger partial charge in [0.25, 0.3) is 5.70 Å². The zero-order valence-corrected chi connectivity index (χ0v) is 28.9. The van der Waals surface area contributed by atoms with Gasteiger partial charge in [0.05, 0.1) is 12.6 Å². The molecule has 1 aliphatic carbocycles. The summed E-state index contributed by atoms with van der Waals surface area (Å²) in [4.78, 5) is 21.0. The summed E-state index contributed by atoms with van der Waals surface area (Å²) in [5, 5.41) is 9.67. The van der Waals surface area contributed by atoms with Crippen molar-refractivity contribution in [2.45, 2.75) is 52.4 Å². The number of thiophene rings is 1. The molecule has 0 amide bonds. The van der Waals surface area contributed by atoms with Crippen molar-refractivity contribution >= 4 is 45.8 Å². The third-order valence-corrected chi connectivity index (χ3v) is 9.80. The number of carbonyl (C=O) groups excluding carboxylic acids is 1. The molecule has 0 spiro atoms. The van der Waals surface area contributed by atoms with Crippen LogP contribution in [0.5, 0.6) is 0 Å². The Hall–Kier alpha value is -5.49. The number of ketones is 1. The molecule has 5 heteroatoms. The zero-order chi connectivity index (χ0) is 34.2. The molecule has 6 rings (SSSR count). The van der Waals surface area contributed by atoms with Crippen molar-refractivity contribution < 1.29 is 4.79 Å². The maximum atomic E-state index is 13.4. The smallest absolute Gasteiger partial charge is 0.270 e. The summed E-state index contributed by atoms with van der Waals surface area (Å²) < 4.78 is 0. The Morgan fingerprint density at radius 1 is 0.729 bits per heavy atom. The van der Waals surface area contributed by atoms with E-state index in [0.29, 0.717) is 22.3 Å². The maximum Gasteiger partial charge on any atom is 0.270 e. The van der Waals surface area contributed by atoms with Crippen molar-refractivity contribution in [1.29, 1.82) is 5.26 Å². The summed E-state index contributed by atoms with van der Waals surface area (Å²) in [5.41, 5.74) is 8.90. The average molecular weight is 644 g/mol. The summed E-state index contributed by atoms with van der Waals surface area (Å²) in [6, 6.07) is 39.4. The van der Waals surface area contributed by atoms with Crippen molar-refractivity contribution in [2.24, 2.45) is 0 Å². The lowest BCUT2D eigenvalue weighted by atomic mass is 9.86. The molecule has 1 heterocycles. The first kappa shape index (κ1) is 32.5. The molecule has 0 radical (unpaired) electrons. The Bertz CT molecular complexity index is 2080. The van der Waals surface area contributed by atoms with Gasteiger partial charge < -0.3 is 4.90 Å². The molecule has 236 valence electrons. The lowest BCUT2D eigenvalue weighted by molar-refractivity contribution is 0.104. The van der Waals surface area contributed by atoms with Gasteiger partial charge in [0.15, 0.2) is 5.78 Å². The van der Waals surface area contributed by atoms with Gasteiger partial charge in [0.2, 0.25) is 0 Å². The van der Waals surface area contributed by atoms with E-state index in [1.54, 1.807) is 29.5 Å². The van der Waals surface area contributed by atoms with Crippen LogP contribution in [-0.2, 0) is 10.8 Å². The van der Waals surface area contributed by atoms with Crippen LogP contribution in [0.25, 0.3) is 26.9 Å². The highest BCUT2D eigenvalue weighted by Crippen LogP contribution is 2.42. The van der Waals surface area contributed by atoms with E-state index >= 15 is 0 Å². The Kier molecular flexibility index (Phi) is 8.52. The normalized spacial score (nSPS) is 14.8. The number of hydrogen-bond acceptors (Lipinski definition) is 4. The van der Waals surface area contributed by atoms with Crippen molar-refractivity contribution in [3.05, 3.63) is 159 Å². The topological polar surface area (TPSA) is 48.5 Å². The lowest BCUT2D eigenvalue weighted by Crippen LogP contribution is -2.14. The largest absolute Gasteiger partial charge is 0.311 e. The Morgan fingerprint density at radius 3 is 1.71 bits per heavy atom. The SMILES string of the molecule is [C-]#[N+]/C(C#N)=C1\C(=C/c2ccc(-c3ccc(N(c4ccc(C(C)(C)C)cc4)c4ccc(C(C)(C)C)cc4)cc3)s2)C(=O)c2ccccc21. The van der Waals surface area contributed by atoms with E-state index in [4.69, 9.17) is 6.57 Å². The van der Waals surface area contributed by atoms with Gasteiger partial charge in [0, 0.05) is 43.5 Å². The van der Waals surface area contributed by atoms with Gasteiger partial charge in [-0.05, 0) is 87.7 Å². The third-order valence-electron chi connectivity index (χ3n) is 8.72. The summed E-state index contributed by atoms with van der Waals surface area (Å²) in [7, 11) is 0. The molecule has 5 aromatic rings. The van der Waals surface area contributed by atoms with E-state index in [-0.39, 0.29) is 22.3 Å². The van der Waals surface area contributed by atoms with E-state index in [0.717, 1.165) is 32.4 Å². The number of anilines is 3. The second-order valence-corrected chi connectivity index (χ2v) is 15.2. The first-order chi connectivity index (χ1) is 22.9. The van der Waals surface area contributed by atoms with Crippen molar-refractivity contribution in [1.82, 2.24) is 0 Å². The summed E-state index contributed by atoms with van der Waals surface area (Å²) >= 11 is 1.57. The van der Waals surface area contributed by atoms with Crippen LogP contribution in [0.1, 0.15) is 73.5 Å². The van der Waals surface area contributed by atoms with Crippen LogP contribution >= 0.6 is 11.3 Å². The molecule has 0 aliphatic heterocycles. The molecule has 4 nitrogen and oxygen atoms in total. The summed E-state index contributed by atoms with van der Waals surface area (Å²) in [6.07, 6.45) is 1.81. The van der Waals surface area contributed by atoms with Gasteiger partial charge in [-0.15, -0.1) is 11.3 Å². The van der Waals surface area contributed by atoms with E-state index < -0.39 is 0 Å².